The number of hydrogen-bond acceptors (Lipinski definition) is 4. The molecule has 0 heterocycles. The van der Waals surface area contributed by atoms with Crippen molar-refractivity contribution in [3.8, 4) is 0 Å². The van der Waals surface area contributed by atoms with E-state index in [0.29, 0.717) is 19.8 Å². The second-order valence-electron chi connectivity index (χ2n) is 3.43. The molecular weight excluding hydrogens is 236 g/mol. The highest BCUT2D eigenvalue weighted by Crippen LogP contribution is 2.12. The average molecular weight is 262 g/mol. The van der Waals surface area contributed by atoms with Gasteiger partial charge in [-0.2, -0.15) is 0 Å². The zero-order valence-corrected chi connectivity index (χ0v) is 12.5. The highest BCUT2D eigenvalue weighted by molar-refractivity contribution is 6.66. The first-order valence-electron chi connectivity index (χ1n) is 6.45. The Kier molecular flexibility index (Phi) is 10.5. The standard InChI is InChI=1S/C12H26O4Si/c1-5-9-10-13-11-12-17(14-6-2,15-7-3)16-8-4/h11-12H,5-10H2,1-4H3/b12-11+. The van der Waals surface area contributed by atoms with Crippen LogP contribution in [0, 0.1) is 0 Å². The van der Waals surface area contributed by atoms with Crippen molar-refractivity contribution in [2.24, 2.45) is 0 Å². The van der Waals surface area contributed by atoms with Gasteiger partial charge >= 0.3 is 8.80 Å². The Morgan fingerprint density at radius 2 is 1.41 bits per heavy atom. The lowest BCUT2D eigenvalue weighted by atomic mass is 10.4. The molecule has 0 rings (SSSR count). The number of hydrogen-bond donors (Lipinski definition) is 0. The fraction of sp³-hybridized carbons (Fsp3) is 0.833. The van der Waals surface area contributed by atoms with Crippen molar-refractivity contribution in [3.05, 3.63) is 12.0 Å². The van der Waals surface area contributed by atoms with E-state index in [-0.39, 0.29) is 0 Å². The van der Waals surface area contributed by atoms with Gasteiger partial charge < -0.3 is 18.0 Å². The molecule has 0 saturated carbocycles. The molecule has 0 fully saturated rings. The molecule has 102 valence electrons. The van der Waals surface area contributed by atoms with E-state index in [9.17, 15) is 0 Å². The van der Waals surface area contributed by atoms with E-state index < -0.39 is 8.80 Å². The van der Waals surface area contributed by atoms with E-state index in [1.54, 1.807) is 6.26 Å². The molecule has 0 N–H and O–H groups in total. The lowest BCUT2D eigenvalue weighted by molar-refractivity contribution is 0.0831. The minimum Gasteiger partial charge on any atom is -0.502 e. The molecule has 0 aromatic rings. The lowest BCUT2D eigenvalue weighted by Gasteiger charge is -2.24. The maximum absolute atomic E-state index is 5.64. The molecule has 4 nitrogen and oxygen atoms in total. The van der Waals surface area contributed by atoms with E-state index in [2.05, 4.69) is 6.92 Å². The van der Waals surface area contributed by atoms with Crippen molar-refractivity contribution < 1.29 is 18.0 Å². The predicted octanol–water partition coefficient (Wildman–Crippen LogP) is 2.90. The Labute approximate surface area is 106 Å². The van der Waals surface area contributed by atoms with Gasteiger partial charge in [0.25, 0.3) is 0 Å². The fourth-order valence-electron chi connectivity index (χ4n) is 1.30. The smallest absolute Gasteiger partial charge is 0.502 e. The third kappa shape index (κ3) is 7.54. The molecule has 0 aliphatic carbocycles. The summed E-state index contributed by atoms with van der Waals surface area (Å²) in [6.07, 6.45) is 3.83. The fourth-order valence-corrected chi connectivity index (χ4v) is 3.31. The largest absolute Gasteiger partial charge is 0.532 e. The molecular formula is C12H26O4Si. The van der Waals surface area contributed by atoms with Crippen LogP contribution in [0.5, 0.6) is 0 Å². The highest BCUT2D eigenvalue weighted by Gasteiger charge is 2.37. The summed E-state index contributed by atoms with van der Waals surface area (Å²) in [5.41, 5.74) is 1.82. The second kappa shape index (κ2) is 10.8. The summed E-state index contributed by atoms with van der Waals surface area (Å²) in [5, 5.41) is 0. The van der Waals surface area contributed by atoms with Crippen LogP contribution in [0.4, 0.5) is 0 Å². The summed E-state index contributed by atoms with van der Waals surface area (Å²) in [6.45, 7) is 10.4. The maximum Gasteiger partial charge on any atom is 0.532 e. The Morgan fingerprint density at radius 1 is 0.882 bits per heavy atom. The van der Waals surface area contributed by atoms with E-state index >= 15 is 0 Å². The van der Waals surface area contributed by atoms with Crippen LogP contribution in [0.3, 0.4) is 0 Å². The van der Waals surface area contributed by atoms with Crippen LogP contribution in [0.25, 0.3) is 0 Å². The highest BCUT2D eigenvalue weighted by atomic mass is 28.4. The average Bonchev–Trinajstić information content (AvgIpc) is 2.30. The van der Waals surface area contributed by atoms with Gasteiger partial charge in [0, 0.05) is 25.5 Å². The van der Waals surface area contributed by atoms with Gasteiger partial charge in [0.2, 0.25) is 0 Å². The number of ether oxygens (including phenoxy) is 1. The first-order valence-corrected chi connectivity index (χ1v) is 8.26. The molecule has 0 atom stereocenters. The molecule has 0 aromatic carbocycles. The van der Waals surface area contributed by atoms with Crippen LogP contribution < -0.4 is 0 Å². The number of rotatable bonds is 11. The van der Waals surface area contributed by atoms with Gasteiger partial charge in [0.15, 0.2) is 0 Å². The summed E-state index contributed by atoms with van der Waals surface area (Å²) < 4.78 is 22.3. The predicted molar refractivity (Wildman–Crippen MR) is 70.6 cm³/mol. The van der Waals surface area contributed by atoms with E-state index in [0.717, 1.165) is 19.4 Å². The minimum absolute atomic E-state index is 0.575. The van der Waals surface area contributed by atoms with Gasteiger partial charge in [-0.05, 0) is 27.2 Å². The zero-order chi connectivity index (χ0) is 13.0. The minimum atomic E-state index is -2.66. The summed E-state index contributed by atoms with van der Waals surface area (Å²) in [6, 6.07) is 0. The molecule has 0 radical (unpaired) electrons. The first-order chi connectivity index (χ1) is 8.24. The molecule has 0 unspecified atom stereocenters. The first kappa shape index (κ1) is 16.6. The SMILES string of the molecule is CCCCO/C=C/[Si](OCC)(OCC)OCC. The van der Waals surface area contributed by atoms with Crippen LogP contribution >= 0.6 is 0 Å². The van der Waals surface area contributed by atoms with Crippen LogP contribution in [-0.2, 0) is 18.0 Å². The molecule has 0 aliphatic rings. The van der Waals surface area contributed by atoms with Crippen LogP contribution in [-0.4, -0.2) is 35.2 Å². The normalized spacial score (nSPS) is 12.2. The van der Waals surface area contributed by atoms with Crippen LogP contribution in [0.15, 0.2) is 12.0 Å². The third-order valence-corrected chi connectivity index (χ3v) is 4.64. The quantitative estimate of drug-likeness (QED) is 0.326. The van der Waals surface area contributed by atoms with E-state index in [4.69, 9.17) is 18.0 Å². The van der Waals surface area contributed by atoms with E-state index in [1.165, 1.54) is 0 Å². The topological polar surface area (TPSA) is 36.9 Å². The lowest BCUT2D eigenvalue weighted by Crippen LogP contribution is -2.44. The summed E-state index contributed by atoms with van der Waals surface area (Å²) in [4.78, 5) is 0. The van der Waals surface area contributed by atoms with Gasteiger partial charge in [-0.25, -0.2) is 0 Å². The molecule has 0 amide bonds. The van der Waals surface area contributed by atoms with Gasteiger partial charge in [0.1, 0.15) is 0 Å². The Balaban J connectivity index is 4.31. The van der Waals surface area contributed by atoms with Crippen molar-refractivity contribution in [1.29, 1.82) is 0 Å². The molecule has 17 heavy (non-hydrogen) atoms. The maximum atomic E-state index is 5.64. The van der Waals surface area contributed by atoms with Crippen molar-refractivity contribution in [2.45, 2.75) is 40.5 Å². The van der Waals surface area contributed by atoms with Gasteiger partial charge in [0.05, 0.1) is 12.9 Å². The second-order valence-corrected chi connectivity index (χ2v) is 5.84. The van der Waals surface area contributed by atoms with Gasteiger partial charge in [-0.1, -0.05) is 13.3 Å². The summed E-state index contributed by atoms with van der Waals surface area (Å²) in [5.74, 6) is 0. The molecule has 0 aromatic heterocycles. The van der Waals surface area contributed by atoms with Crippen molar-refractivity contribution in [3.63, 3.8) is 0 Å². The van der Waals surface area contributed by atoms with Crippen molar-refractivity contribution >= 4 is 8.80 Å². The number of unbranched alkanes of at least 4 members (excludes halogenated alkanes) is 1. The zero-order valence-electron chi connectivity index (χ0n) is 11.5. The van der Waals surface area contributed by atoms with Gasteiger partial charge in [-0.3, -0.25) is 0 Å². The Bertz CT molecular complexity index is 180. The molecule has 5 heteroatoms. The van der Waals surface area contributed by atoms with Crippen molar-refractivity contribution in [2.75, 3.05) is 26.4 Å². The molecule has 0 spiro atoms. The summed E-state index contributed by atoms with van der Waals surface area (Å²) in [7, 11) is -2.66. The third-order valence-electron chi connectivity index (χ3n) is 2.02. The van der Waals surface area contributed by atoms with Gasteiger partial charge in [-0.15, -0.1) is 0 Å². The van der Waals surface area contributed by atoms with Crippen LogP contribution in [0.1, 0.15) is 40.5 Å². The van der Waals surface area contributed by atoms with Crippen LogP contribution in [0.2, 0.25) is 0 Å². The molecule has 0 aliphatic heterocycles. The summed E-state index contributed by atoms with van der Waals surface area (Å²) >= 11 is 0. The molecule has 0 saturated heterocycles. The van der Waals surface area contributed by atoms with E-state index in [1.807, 2.05) is 26.5 Å². The Morgan fingerprint density at radius 3 is 1.82 bits per heavy atom. The Hall–Kier alpha value is -0.363. The molecule has 0 bridgehead atoms. The monoisotopic (exact) mass is 262 g/mol. The van der Waals surface area contributed by atoms with Crippen molar-refractivity contribution in [1.82, 2.24) is 0 Å².